The molecular weight excluding hydrogens is 233 g/mol. The highest BCUT2D eigenvalue weighted by molar-refractivity contribution is 5.17. The van der Waals surface area contributed by atoms with Gasteiger partial charge in [-0.15, -0.1) is 5.10 Å². The van der Waals surface area contributed by atoms with E-state index in [9.17, 15) is 4.39 Å². The van der Waals surface area contributed by atoms with Crippen molar-refractivity contribution in [3.05, 3.63) is 17.8 Å². The van der Waals surface area contributed by atoms with Crippen LogP contribution in [-0.4, -0.2) is 35.6 Å². The maximum absolute atomic E-state index is 13.6. The third-order valence-electron chi connectivity index (χ3n) is 3.03. The predicted molar refractivity (Wildman–Crippen MR) is 67.5 cm³/mol. The molecule has 1 aromatic rings. The van der Waals surface area contributed by atoms with Crippen molar-refractivity contribution in [3.8, 4) is 5.88 Å². The SMILES string of the molecule is CC(C)(C)c1ccc(O[C@H]2CCNC[C@@H]2F)nn1. The molecule has 1 aliphatic rings. The smallest absolute Gasteiger partial charge is 0.233 e. The predicted octanol–water partition coefficient (Wildman–Crippen LogP) is 1.85. The Balaban J connectivity index is 2.02. The van der Waals surface area contributed by atoms with Gasteiger partial charge in [-0.2, -0.15) is 5.10 Å². The maximum atomic E-state index is 13.6. The van der Waals surface area contributed by atoms with Crippen molar-refractivity contribution in [1.29, 1.82) is 0 Å². The molecule has 1 fully saturated rings. The van der Waals surface area contributed by atoms with Crippen molar-refractivity contribution in [1.82, 2.24) is 15.5 Å². The Hall–Kier alpha value is -1.23. The van der Waals surface area contributed by atoms with Gasteiger partial charge in [0.2, 0.25) is 5.88 Å². The molecule has 4 nitrogen and oxygen atoms in total. The summed E-state index contributed by atoms with van der Waals surface area (Å²) in [4.78, 5) is 0. The van der Waals surface area contributed by atoms with Crippen LogP contribution in [0.3, 0.4) is 0 Å². The number of alkyl halides is 1. The molecule has 18 heavy (non-hydrogen) atoms. The van der Waals surface area contributed by atoms with Gasteiger partial charge >= 0.3 is 0 Å². The molecule has 100 valence electrons. The van der Waals surface area contributed by atoms with Crippen LogP contribution in [0.4, 0.5) is 4.39 Å². The first-order valence-corrected chi connectivity index (χ1v) is 6.32. The lowest BCUT2D eigenvalue weighted by Crippen LogP contribution is -2.44. The zero-order chi connectivity index (χ0) is 13.2. The van der Waals surface area contributed by atoms with Gasteiger partial charge in [0, 0.05) is 18.0 Å². The standard InChI is InChI=1S/C13H20FN3O/c1-13(2,3)11-4-5-12(17-16-11)18-10-6-7-15-8-9(10)14/h4-5,9-10,15H,6-8H2,1-3H3/t9-,10-/m0/s1. The van der Waals surface area contributed by atoms with E-state index in [4.69, 9.17) is 4.74 Å². The summed E-state index contributed by atoms with van der Waals surface area (Å²) in [5.74, 6) is 0.401. The molecule has 2 heterocycles. The second kappa shape index (κ2) is 5.18. The molecule has 0 radical (unpaired) electrons. The van der Waals surface area contributed by atoms with Crippen molar-refractivity contribution < 1.29 is 9.13 Å². The van der Waals surface area contributed by atoms with Crippen LogP contribution in [0.25, 0.3) is 0 Å². The molecule has 2 atom stereocenters. The number of aromatic nitrogens is 2. The number of hydrogen-bond donors (Lipinski definition) is 1. The average molecular weight is 253 g/mol. The Morgan fingerprint density at radius 3 is 2.67 bits per heavy atom. The minimum absolute atomic E-state index is 0.0388. The lowest BCUT2D eigenvalue weighted by Gasteiger charge is -2.26. The fourth-order valence-corrected chi connectivity index (χ4v) is 1.87. The van der Waals surface area contributed by atoms with Crippen LogP contribution >= 0.6 is 0 Å². The van der Waals surface area contributed by atoms with Crippen molar-refractivity contribution in [3.63, 3.8) is 0 Å². The van der Waals surface area contributed by atoms with E-state index in [1.807, 2.05) is 6.07 Å². The average Bonchev–Trinajstić information content (AvgIpc) is 2.32. The molecule has 0 spiro atoms. The molecule has 0 amide bonds. The molecule has 0 saturated carbocycles. The highest BCUT2D eigenvalue weighted by Crippen LogP contribution is 2.21. The van der Waals surface area contributed by atoms with E-state index < -0.39 is 12.3 Å². The van der Waals surface area contributed by atoms with Crippen LogP contribution in [-0.2, 0) is 5.41 Å². The fraction of sp³-hybridized carbons (Fsp3) is 0.692. The van der Waals surface area contributed by atoms with Crippen LogP contribution in [0, 0.1) is 0 Å². The summed E-state index contributed by atoms with van der Waals surface area (Å²) in [6, 6.07) is 3.65. The van der Waals surface area contributed by atoms with E-state index >= 15 is 0 Å². The maximum Gasteiger partial charge on any atom is 0.233 e. The normalized spacial score (nSPS) is 24.9. The second-order valence-corrected chi connectivity index (χ2v) is 5.67. The van der Waals surface area contributed by atoms with E-state index in [0.29, 0.717) is 18.8 Å². The highest BCUT2D eigenvalue weighted by atomic mass is 19.1. The van der Waals surface area contributed by atoms with Gasteiger partial charge in [-0.1, -0.05) is 20.8 Å². The molecule has 1 saturated heterocycles. The molecular formula is C13H20FN3O. The molecule has 2 rings (SSSR count). The van der Waals surface area contributed by atoms with Crippen molar-refractivity contribution in [2.24, 2.45) is 0 Å². The highest BCUT2D eigenvalue weighted by Gasteiger charge is 2.26. The van der Waals surface area contributed by atoms with Crippen LogP contribution in [0.15, 0.2) is 12.1 Å². The molecule has 1 N–H and O–H groups in total. The lowest BCUT2D eigenvalue weighted by atomic mass is 9.92. The first-order valence-electron chi connectivity index (χ1n) is 6.32. The first kappa shape index (κ1) is 13.2. The number of piperidine rings is 1. The van der Waals surface area contributed by atoms with Crippen molar-refractivity contribution in [2.75, 3.05) is 13.1 Å². The molecule has 0 aromatic carbocycles. The second-order valence-electron chi connectivity index (χ2n) is 5.67. The van der Waals surface area contributed by atoms with Crippen LogP contribution in [0.5, 0.6) is 5.88 Å². The number of nitrogens with zero attached hydrogens (tertiary/aromatic N) is 2. The summed E-state index contributed by atoms with van der Waals surface area (Å²) >= 11 is 0. The van der Waals surface area contributed by atoms with Crippen molar-refractivity contribution in [2.45, 2.75) is 44.9 Å². The van der Waals surface area contributed by atoms with E-state index in [2.05, 4.69) is 36.3 Å². The summed E-state index contributed by atoms with van der Waals surface area (Å²) in [7, 11) is 0. The first-order chi connectivity index (χ1) is 8.47. The van der Waals surface area contributed by atoms with Gasteiger partial charge in [0.15, 0.2) is 0 Å². The Bertz CT molecular complexity index is 388. The quantitative estimate of drug-likeness (QED) is 0.874. The van der Waals surface area contributed by atoms with Crippen molar-refractivity contribution >= 4 is 0 Å². The summed E-state index contributed by atoms with van der Waals surface area (Å²) in [5.41, 5.74) is 0.861. The van der Waals surface area contributed by atoms with Crippen LogP contribution in [0.2, 0.25) is 0 Å². The number of halogens is 1. The number of rotatable bonds is 2. The zero-order valence-electron chi connectivity index (χ0n) is 11.1. The van der Waals surface area contributed by atoms with E-state index in [0.717, 1.165) is 12.2 Å². The molecule has 0 bridgehead atoms. The van der Waals surface area contributed by atoms with Gasteiger partial charge in [0.05, 0.1) is 5.69 Å². The topological polar surface area (TPSA) is 47.0 Å². The Labute approximate surface area is 107 Å². The Morgan fingerprint density at radius 2 is 2.11 bits per heavy atom. The Morgan fingerprint density at radius 1 is 1.33 bits per heavy atom. The molecule has 5 heteroatoms. The van der Waals surface area contributed by atoms with Gasteiger partial charge < -0.3 is 10.1 Å². The fourth-order valence-electron chi connectivity index (χ4n) is 1.87. The van der Waals surface area contributed by atoms with Gasteiger partial charge in [-0.25, -0.2) is 4.39 Å². The van der Waals surface area contributed by atoms with E-state index in [1.165, 1.54) is 0 Å². The minimum Gasteiger partial charge on any atom is -0.470 e. The third kappa shape index (κ3) is 3.16. The van der Waals surface area contributed by atoms with Crippen LogP contribution in [0.1, 0.15) is 32.9 Å². The van der Waals surface area contributed by atoms with Gasteiger partial charge in [0.25, 0.3) is 0 Å². The lowest BCUT2D eigenvalue weighted by molar-refractivity contribution is 0.0684. The summed E-state index contributed by atoms with van der Waals surface area (Å²) in [5, 5.41) is 11.1. The minimum atomic E-state index is -0.983. The summed E-state index contributed by atoms with van der Waals surface area (Å²) < 4.78 is 19.1. The summed E-state index contributed by atoms with van der Waals surface area (Å²) in [6.45, 7) is 7.34. The monoisotopic (exact) mass is 253 g/mol. The number of ether oxygens (including phenoxy) is 1. The van der Waals surface area contributed by atoms with Gasteiger partial charge in [0.1, 0.15) is 12.3 Å². The summed E-state index contributed by atoms with van der Waals surface area (Å²) in [6.07, 6.45) is -0.743. The molecule has 1 aliphatic heterocycles. The molecule has 0 unspecified atom stereocenters. The van der Waals surface area contributed by atoms with E-state index in [1.54, 1.807) is 6.07 Å². The van der Waals surface area contributed by atoms with Gasteiger partial charge in [-0.3, -0.25) is 0 Å². The largest absolute Gasteiger partial charge is 0.470 e. The zero-order valence-corrected chi connectivity index (χ0v) is 11.1. The Kier molecular flexibility index (Phi) is 3.80. The number of hydrogen-bond acceptors (Lipinski definition) is 4. The van der Waals surface area contributed by atoms with Crippen LogP contribution < -0.4 is 10.1 Å². The molecule has 1 aromatic heterocycles. The number of nitrogens with one attached hydrogen (secondary N) is 1. The third-order valence-corrected chi connectivity index (χ3v) is 3.03. The van der Waals surface area contributed by atoms with E-state index in [-0.39, 0.29) is 5.41 Å². The molecule has 0 aliphatic carbocycles. The van der Waals surface area contributed by atoms with Gasteiger partial charge in [-0.05, 0) is 19.0 Å².